The van der Waals surface area contributed by atoms with Crippen LogP contribution in [-0.2, 0) is 0 Å². The maximum absolute atomic E-state index is 13.0. The van der Waals surface area contributed by atoms with Gasteiger partial charge in [0.1, 0.15) is 10.7 Å². The minimum atomic E-state index is -0.254. The number of carbonyl (C=O) groups is 1. The highest BCUT2D eigenvalue weighted by Crippen LogP contribution is 2.34. The van der Waals surface area contributed by atoms with Crippen LogP contribution >= 0.6 is 23.1 Å². The molecule has 5 rings (SSSR count). The second-order valence-electron chi connectivity index (χ2n) is 6.66. The molecule has 1 N–H and O–H groups in total. The van der Waals surface area contributed by atoms with Gasteiger partial charge in [-0.25, -0.2) is 9.37 Å². The largest absolute Gasteiger partial charge is 0.347 e. The van der Waals surface area contributed by atoms with Gasteiger partial charge in [-0.2, -0.15) is 0 Å². The van der Waals surface area contributed by atoms with Crippen molar-refractivity contribution in [3.8, 4) is 0 Å². The van der Waals surface area contributed by atoms with E-state index >= 15 is 0 Å². The molecule has 3 fully saturated rings. The van der Waals surface area contributed by atoms with Gasteiger partial charge in [-0.1, -0.05) is 11.8 Å². The molecule has 0 aliphatic carbocycles. The maximum Gasteiger partial charge on any atom is 0.263 e. The van der Waals surface area contributed by atoms with Crippen LogP contribution < -0.4 is 5.32 Å². The number of amides is 1. The van der Waals surface area contributed by atoms with Crippen LogP contribution in [0.15, 0.2) is 39.7 Å². The first-order valence-electron chi connectivity index (χ1n) is 8.54. The number of aromatic nitrogens is 1. The number of carbonyl (C=O) groups excluding carboxylic acids is 1. The fourth-order valence-electron chi connectivity index (χ4n) is 3.78. The molecule has 0 radical (unpaired) electrons. The molecular formula is C18H20FN3OS2. The number of halogens is 1. The van der Waals surface area contributed by atoms with Crippen LogP contribution in [0.4, 0.5) is 4.39 Å². The highest BCUT2D eigenvalue weighted by Gasteiger charge is 2.40. The van der Waals surface area contributed by atoms with Crippen LogP contribution in [-0.4, -0.2) is 41.0 Å². The van der Waals surface area contributed by atoms with E-state index in [9.17, 15) is 9.18 Å². The van der Waals surface area contributed by atoms with Gasteiger partial charge in [0.05, 0.1) is 6.20 Å². The Morgan fingerprint density at radius 1 is 1.32 bits per heavy atom. The van der Waals surface area contributed by atoms with E-state index in [4.69, 9.17) is 0 Å². The molecule has 2 atom stereocenters. The van der Waals surface area contributed by atoms with Crippen LogP contribution in [0, 0.1) is 11.7 Å². The van der Waals surface area contributed by atoms with Gasteiger partial charge in [-0.15, -0.1) is 11.3 Å². The van der Waals surface area contributed by atoms with Crippen molar-refractivity contribution in [1.82, 2.24) is 15.2 Å². The van der Waals surface area contributed by atoms with Crippen LogP contribution in [0.25, 0.3) is 0 Å². The van der Waals surface area contributed by atoms with Crippen molar-refractivity contribution in [3.63, 3.8) is 0 Å². The first-order chi connectivity index (χ1) is 12.1. The summed E-state index contributed by atoms with van der Waals surface area (Å²) in [6, 6.07) is 6.92. The predicted octanol–water partition coefficient (Wildman–Crippen LogP) is 3.65. The molecule has 1 aromatic carbocycles. The number of nitrogens with zero attached hydrogens (tertiary/aromatic N) is 2. The number of nitrogens with one attached hydrogen (secondary N) is 1. The molecule has 7 heteroatoms. The summed E-state index contributed by atoms with van der Waals surface area (Å²) in [6.45, 7) is 4.51. The van der Waals surface area contributed by atoms with Gasteiger partial charge in [-0.05, 0) is 63.0 Å². The average Bonchev–Trinajstić information content (AvgIpc) is 3.09. The van der Waals surface area contributed by atoms with E-state index < -0.39 is 0 Å². The summed E-state index contributed by atoms with van der Waals surface area (Å²) in [5.74, 6) is 0.300. The van der Waals surface area contributed by atoms with E-state index in [-0.39, 0.29) is 17.8 Å². The minimum Gasteiger partial charge on any atom is -0.347 e. The molecule has 2 bridgehead atoms. The van der Waals surface area contributed by atoms with Crippen molar-refractivity contribution in [2.75, 3.05) is 13.1 Å². The SMILES string of the molecule is CC1C(NC(=O)c2cnc(Sc3ccc(F)cc3)s2)C2CCN1CC2. The van der Waals surface area contributed by atoms with Crippen molar-refractivity contribution >= 4 is 29.0 Å². The molecule has 4 heterocycles. The molecule has 2 aromatic rings. The van der Waals surface area contributed by atoms with Crippen molar-refractivity contribution in [1.29, 1.82) is 0 Å². The Kier molecular flexibility index (Phi) is 4.80. The number of hydrogen-bond acceptors (Lipinski definition) is 5. The Labute approximate surface area is 154 Å². The van der Waals surface area contributed by atoms with Crippen LogP contribution in [0.1, 0.15) is 29.4 Å². The lowest BCUT2D eigenvalue weighted by Gasteiger charge is -2.49. The minimum absolute atomic E-state index is 0.0333. The van der Waals surface area contributed by atoms with E-state index in [0.717, 1.165) is 22.3 Å². The van der Waals surface area contributed by atoms with Gasteiger partial charge in [0.2, 0.25) is 0 Å². The average molecular weight is 378 g/mol. The molecule has 3 saturated heterocycles. The predicted molar refractivity (Wildman–Crippen MR) is 97.7 cm³/mol. The molecule has 3 aliphatic heterocycles. The smallest absolute Gasteiger partial charge is 0.263 e. The topological polar surface area (TPSA) is 45.2 Å². The second-order valence-corrected chi connectivity index (χ2v) is 9.01. The van der Waals surface area contributed by atoms with Gasteiger partial charge >= 0.3 is 0 Å². The summed E-state index contributed by atoms with van der Waals surface area (Å²) >= 11 is 2.83. The fraction of sp³-hybridized carbons (Fsp3) is 0.444. The number of fused-ring (bicyclic) bond motifs is 3. The zero-order valence-corrected chi connectivity index (χ0v) is 15.6. The first kappa shape index (κ1) is 17.0. The standard InChI is InChI=1S/C18H20FN3OS2/c1-11-16(12-6-8-22(11)9-7-12)21-17(23)15-10-20-18(25-15)24-14-4-2-13(19)3-5-14/h2-5,10-12,16H,6-9H2,1H3,(H,21,23). The molecule has 4 nitrogen and oxygen atoms in total. The Balaban J connectivity index is 1.41. The van der Waals surface area contributed by atoms with E-state index in [1.165, 1.54) is 48.1 Å². The molecule has 0 spiro atoms. The lowest BCUT2D eigenvalue weighted by atomic mass is 9.79. The summed E-state index contributed by atoms with van der Waals surface area (Å²) < 4.78 is 13.8. The van der Waals surface area contributed by atoms with Crippen molar-refractivity contribution in [3.05, 3.63) is 41.2 Å². The van der Waals surface area contributed by atoms with Crippen molar-refractivity contribution < 1.29 is 9.18 Å². The molecule has 1 aromatic heterocycles. The third kappa shape index (κ3) is 3.59. The van der Waals surface area contributed by atoms with Gasteiger partial charge in [-0.3, -0.25) is 9.69 Å². The lowest BCUT2D eigenvalue weighted by molar-refractivity contribution is 0.0218. The third-order valence-electron chi connectivity index (χ3n) is 5.20. The third-order valence-corrected chi connectivity index (χ3v) is 7.28. The van der Waals surface area contributed by atoms with E-state index in [2.05, 4.69) is 22.1 Å². The fourth-order valence-corrected chi connectivity index (χ4v) is 5.64. The number of thiazole rings is 1. The Bertz CT molecular complexity index is 754. The van der Waals surface area contributed by atoms with Gasteiger partial charge < -0.3 is 5.32 Å². The maximum atomic E-state index is 13.0. The molecule has 132 valence electrons. The summed E-state index contributed by atoms with van der Waals surface area (Å²) in [6.07, 6.45) is 3.98. The van der Waals surface area contributed by atoms with Crippen LogP contribution in [0.2, 0.25) is 0 Å². The van der Waals surface area contributed by atoms with Gasteiger partial charge in [0, 0.05) is 17.0 Å². The van der Waals surface area contributed by atoms with Crippen molar-refractivity contribution in [2.24, 2.45) is 5.92 Å². The van der Waals surface area contributed by atoms with E-state index in [1.54, 1.807) is 18.3 Å². The normalized spacial score (nSPS) is 28.1. The molecule has 0 saturated carbocycles. The van der Waals surface area contributed by atoms with Crippen LogP contribution in [0.3, 0.4) is 0 Å². The monoisotopic (exact) mass is 377 g/mol. The molecule has 2 unspecified atom stereocenters. The molecule has 1 amide bonds. The summed E-state index contributed by atoms with van der Waals surface area (Å²) in [4.78, 5) is 21.0. The number of hydrogen-bond donors (Lipinski definition) is 1. The first-order valence-corrected chi connectivity index (χ1v) is 10.2. The van der Waals surface area contributed by atoms with Crippen molar-refractivity contribution in [2.45, 2.75) is 41.1 Å². The zero-order chi connectivity index (χ0) is 17.4. The molecule has 3 aliphatic rings. The Hall–Kier alpha value is -1.44. The second kappa shape index (κ2) is 7.05. The number of benzene rings is 1. The van der Waals surface area contributed by atoms with Gasteiger partial charge in [0.25, 0.3) is 5.91 Å². The quantitative estimate of drug-likeness (QED) is 0.883. The lowest BCUT2D eigenvalue weighted by Crippen LogP contribution is -2.62. The Morgan fingerprint density at radius 2 is 2.04 bits per heavy atom. The highest BCUT2D eigenvalue weighted by molar-refractivity contribution is 8.01. The molecule has 25 heavy (non-hydrogen) atoms. The Morgan fingerprint density at radius 3 is 2.72 bits per heavy atom. The zero-order valence-electron chi connectivity index (χ0n) is 13.9. The summed E-state index contributed by atoms with van der Waals surface area (Å²) in [7, 11) is 0. The number of rotatable bonds is 4. The summed E-state index contributed by atoms with van der Waals surface area (Å²) in [5, 5.41) is 3.23. The van der Waals surface area contributed by atoms with Crippen LogP contribution in [0.5, 0.6) is 0 Å². The summed E-state index contributed by atoms with van der Waals surface area (Å²) in [5.41, 5.74) is 0. The van der Waals surface area contributed by atoms with E-state index in [0.29, 0.717) is 16.8 Å². The van der Waals surface area contributed by atoms with E-state index in [1.807, 2.05) is 0 Å². The highest BCUT2D eigenvalue weighted by atomic mass is 32.2. The number of piperidine rings is 3. The molecular weight excluding hydrogens is 357 g/mol. The van der Waals surface area contributed by atoms with Gasteiger partial charge in [0.15, 0.2) is 4.34 Å².